The summed E-state index contributed by atoms with van der Waals surface area (Å²) in [5.41, 5.74) is 1.27. The molecule has 0 saturated carbocycles. The van der Waals surface area contributed by atoms with E-state index >= 15 is 0 Å². The van der Waals surface area contributed by atoms with Crippen LogP contribution in [0.15, 0.2) is 30.3 Å². The quantitative estimate of drug-likeness (QED) is 0.0359. The molecule has 0 bridgehead atoms. The van der Waals surface area contributed by atoms with Crippen molar-refractivity contribution in [1.29, 1.82) is 0 Å². The maximum absolute atomic E-state index is 12.5. The number of hydrogen-bond donors (Lipinski definition) is 1. The van der Waals surface area contributed by atoms with E-state index in [0.29, 0.717) is 64.7 Å². The van der Waals surface area contributed by atoms with Crippen molar-refractivity contribution in [3.8, 4) is 37.0 Å². The van der Waals surface area contributed by atoms with E-state index in [1.807, 2.05) is 148 Å². The molecule has 2 unspecified atom stereocenters. The van der Waals surface area contributed by atoms with Crippen LogP contribution in [0.3, 0.4) is 0 Å². The van der Waals surface area contributed by atoms with Gasteiger partial charge in [0.05, 0.1) is 156 Å². The molecule has 1 rings (SSSR count). The van der Waals surface area contributed by atoms with E-state index in [-0.39, 0.29) is 129 Å². The van der Waals surface area contributed by atoms with Crippen LogP contribution in [0, 0.1) is 42.4 Å². The lowest BCUT2D eigenvalue weighted by atomic mass is 9.93. The Labute approximate surface area is 910 Å². The van der Waals surface area contributed by atoms with Gasteiger partial charge in [0.2, 0.25) is 0 Å². The first-order valence-electron chi connectivity index (χ1n) is 54.2. The highest BCUT2D eigenvalue weighted by Crippen LogP contribution is 2.58. The number of phosphoric acid groups is 7. The minimum atomic E-state index is -3.85. The molecule has 0 spiro atoms. The minimum Gasteiger partial charge on any atom is -0.306 e. The Balaban J connectivity index is -0.000000253. The molecule has 43 heteroatoms. The maximum Gasteiger partial charge on any atom is 0.475 e. The molecule has 0 heterocycles. The molecule has 0 aliphatic heterocycles. The Bertz CT molecular complexity index is 3720. The number of rotatable bonds is 76. The number of terminal acetylenes is 3. The second-order valence-corrected chi connectivity index (χ2v) is 55.9. The third kappa shape index (κ3) is 122. The maximum atomic E-state index is 12.5. The summed E-state index contributed by atoms with van der Waals surface area (Å²) in [5.74, 6) is 7.31. The van der Waals surface area contributed by atoms with Gasteiger partial charge in [-0.1, -0.05) is 175 Å². The molecule has 892 valence electrons. The second-order valence-electron chi connectivity index (χ2n) is 41.0. The van der Waals surface area contributed by atoms with Crippen LogP contribution >= 0.6 is 70.0 Å². The topological polar surface area (TPSA) is 395 Å². The molecule has 0 aliphatic carbocycles. The monoisotopic (exact) mass is 2320 g/mol. The van der Waals surface area contributed by atoms with Gasteiger partial charge in [0, 0.05) is 25.9 Å². The van der Waals surface area contributed by atoms with Crippen LogP contribution in [0.25, 0.3) is 0 Å². The summed E-state index contributed by atoms with van der Waals surface area (Å²) in [6.07, 6.45) is 40.3. The van der Waals surface area contributed by atoms with E-state index in [9.17, 15) is 41.1 Å². The van der Waals surface area contributed by atoms with Gasteiger partial charge in [-0.15, -0.1) is 37.0 Å². The van der Waals surface area contributed by atoms with Crippen molar-refractivity contribution in [3.63, 3.8) is 0 Å². The van der Waals surface area contributed by atoms with Crippen LogP contribution < -0.4 is 0 Å². The van der Waals surface area contributed by atoms with Crippen LogP contribution in [0.4, 0.5) is 0 Å². The summed E-state index contributed by atoms with van der Waals surface area (Å²) in [6.45, 7) is 79.3. The first-order valence-corrected chi connectivity index (χ1v) is 68.2. The number of hydrogen-bond acceptors (Lipinski definition) is 33. The van der Waals surface area contributed by atoms with Gasteiger partial charge < -0.3 is 23.0 Å². The zero-order valence-electron chi connectivity index (χ0n) is 101. The predicted octanol–water partition coefficient (Wildman–Crippen LogP) is 36.4. The average Bonchev–Trinajstić information content (AvgIpc) is 0.857. The van der Waals surface area contributed by atoms with Crippen molar-refractivity contribution >= 4 is 70.0 Å². The molecular formula is C106H219O34P9. The first kappa shape index (κ1) is 163. The molecular weight excluding hydrogens is 2100 g/mol. The molecule has 0 saturated heterocycles. The molecule has 149 heavy (non-hydrogen) atoms. The predicted molar refractivity (Wildman–Crippen MR) is 612 cm³/mol. The van der Waals surface area contributed by atoms with Gasteiger partial charge in [0.15, 0.2) is 0 Å². The third-order valence-corrected chi connectivity index (χ3v) is 32.7. The van der Waals surface area contributed by atoms with Crippen molar-refractivity contribution in [2.24, 2.45) is 5.41 Å². The minimum absolute atomic E-state index is 0.0452. The van der Waals surface area contributed by atoms with E-state index in [0.717, 1.165) is 63.4 Å². The fraction of sp³-hybridized carbons (Fsp3) is 0.887. The molecule has 0 aliphatic rings. The van der Waals surface area contributed by atoms with E-state index in [1.54, 1.807) is 132 Å². The SMILES string of the molecule is C#CCC(C)OP(=O)(OC(C)C)OC(C)C.C#CCCCCOP(=O)(O)OC(C)C.C#CCCOP(=O)(OC(C)C)OC(C)C.CC(C)OP(=O)(OCCC(C)(C)C)OC(C)C.CC(C)OP(=O)(OCCc1ccccc1)OC(C)C.CC(C)OP(C)(=O)OC(C)C.CCCCCCCCCCCCCCCCOP(=O)(OC(C)C)OC(C)C.CCCCCP(=O)(OC(C)C)OC(C)C.CCCCOP(=O)(OC(C)C)OC(C)C. The summed E-state index contributed by atoms with van der Waals surface area (Å²) in [4.78, 5) is 9.11. The summed E-state index contributed by atoms with van der Waals surface area (Å²) >= 11 is 0. The highest BCUT2D eigenvalue weighted by atomic mass is 31.2. The average molecular weight is 2320 g/mol. The van der Waals surface area contributed by atoms with Gasteiger partial charge in [-0.2, -0.15) is 0 Å². The first-order chi connectivity index (χ1) is 68.6. The third-order valence-electron chi connectivity index (χ3n) is 16.3. The van der Waals surface area contributed by atoms with E-state index < -0.39 is 70.0 Å². The molecule has 0 amide bonds. The van der Waals surface area contributed by atoms with E-state index in [4.69, 9.17) is 133 Å². The molecule has 2 atom stereocenters. The fourth-order valence-electron chi connectivity index (χ4n) is 11.3. The van der Waals surface area contributed by atoms with Gasteiger partial charge >= 0.3 is 70.0 Å². The van der Waals surface area contributed by atoms with Crippen LogP contribution in [-0.4, -0.2) is 167 Å². The van der Waals surface area contributed by atoms with Gasteiger partial charge in [-0.3, -0.25) is 99.6 Å². The molecule has 34 nitrogen and oxygen atoms in total. The van der Waals surface area contributed by atoms with E-state index in [1.165, 1.54) is 83.7 Å². The van der Waals surface area contributed by atoms with Crippen LogP contribution in [-0.2, 0) is 156 Å². The van der Waals surface area contributed by atoms with E-state index in [2.05, 4.69) is 52.4 Å². The Morgan fingerprint density at radius 3 is 0.812 bits per heavy atom. The van der Waals surface area contributed by atoms with Gasteiger partial charge in [-0.25, -0.2) is 32.0 Å². The smallest absolute Gasteiger partial charge is 0.306 e. The van der Waals surface area contributed by atoms with Crippen molar-refractivity contribution in [2.75, 3.05) is 52.5 Å². The Morgan fingerprint density at radius 1 is 0.268 bits per heavy atom. The number of unbranched alkanes of at least 4 members (excludes halogenated alkanes) is 18. The van der Waals surface area contributed by atoms with Crippen LogP contribution in [0.5, 0.6) is 0 Å². The Kier molecular flexibility index (Phi) is 105. The zero-order chi connectivity index (χ0) is 117. The van der Waals surface area contributed by atoms with Crippen molar-refractivity contribution < 1.29 is 155 Å². The lowest BCUT2D eigenvalue weighted by molar-refractivity contribution is 0.0524. The summed E-state index contributed by atoms with van der Waals surface area (Å²) in [6, 6.07) is 9.88. The fourth-order valence-corrected chi connectivity index (χ4v) is 25.4. The summed E-state index contributed by atoms with van der Waals surface area (Å²) in [5, 5.41) is 0. The molecule has 0 aromatic heterocycles. The largest absolute Gasteiger partial charge is 0.475 e. The molecule has 0 fully saturated rings. The van der Waals surface area contributed by atoms with Crippen LogP contribution in [0.2, 0.25) is 0 Å². The molecule has 0 radical (unpaired) electrons. The summed E-state index contributed by atoms with van der Waals surface area (Å²) in [7, 11) is -30.2. The van der Waals surface area contributed by atoms with Crippen molar-refractivity contribution in [1.82, 2.24) is 0 Å². The normalized spacial score (nSPS) is 13.1. The highest BCUT2D eigenvalue weighted by Gasteiger charge is 2.37. The standard InChI is InChI=1S/C22H47O4P.C14H23O4P.C12H27O4P.C11H21O4P.C11H25O3P.C10H23O4P.C10H19O4P.C9H17O4P.C7H17O3P/c1-6-7-8-9-10-11-12-13-14-15-16-17-18-19-20-24-27(23,25-21(2)3)26-22(4)5;1-12(2)17-19(15,18-13(3)4)16-11-10-14-8-6-5-7-9-14;1-10(2)15-17(13,16-11(3)4)14-9-8-12(5,6)7;1-7-8-11(6)15-16(12,13-9(2)3)14-10(4)5;1-6-7-8-9-15(12,13-10(2)3)14-11(4)5;2*1-6-7-8-12-15(11,13-9(2)3)14-10(4)5;1-4-5-6-7-8-12-14(10,11)13-9(2)3;1-6(2)9-11(5,8)10-7(3)4/h21-22H,6-20H2,1-5H3;5-9,12-13H,10-11H2,1-4H3;10-11H,8-9H2,1-7H3;1,9-11H,8H2,2-6H3;10-11H,6-9H2,1-5H3;9-10H,6-8H2,1-5H3;1,9-10H,7-8H2,2-5H3;1,9H,5-8H2,2-3H3,(H,10,11);6-7H,1-5H3. The zero-order valence-corrected chi connectivity index (χ0v) is 109. The van der Waals surface area contributed by atoms with Gasteiger partial charge in [0.1, 0.15) is 0 Å². The molecule has 1 aromatic carbocycles. The Hall–Kier alpha value is -1.03. The van der Waals surface area contributed by atoms with Crippen LogP contribution in [0.1, 0.15) is 450 Å². The van der Waals surface area contributed by atoms with Gasteiger partial charge in [-0.05, 0) is 298 Å². The lowest BCUT2D eigenvalue weighted by Gasteiger charge is -2.24. The number of phosphoric ester groups is 7. The van der Waals surface area contributed by atoms with Gasteiger partial charge in [0.25, 0.3) is 0 Å². The highest BCUT2D eigenvalue weighted by molar-refractivity contribution is 7.54. The van der Waals surface area contributed by atoms with Crippen molar-refractivity contribution in [2.45, 2.75) is 561 Å². The number of benzene rings is 1. The Morgan fingerprint density at radius 2 is 0.523 bits per heavy atom. The van der Waals surface area contributed by atoms with Crippen molar-refractivity contribution in [3.05, 3.63) is 35.9 Å². The summed E-state index contributed by atoms with van der Waals surface area (Å²) < 4.78 is 233. The lowest BCUT2D eigenvalue weighted by Crippen LogP contribution is -2.14. The molecule has 1 N–H and O–H groups in total. The molecule has 1 aromatic rings. The second kappa shape index (κ2) is 95.6.